The number of ether oxygens (including phenoxy) is 1. The molecule has 2 aromatic rings. The third-order valence-electron chi connectivity index (χ3n) is 2.98. The van der Waals surface area contributed by atoms with Crippen LogP contribution in [0.15, 0.2) is 30.5 Å². The summed E-state index contributed by atoms with van der Waals surface area (Å²) < 4.78 is 43.0. The first kappa shape index (κ1) is 16.5. The summed E-state index contributed by atoms with van der Waals surface area (Å²) >= 11 is 0. The topological polar surface area (TPSA) is 81.4 Å². The number of nitro groups is 1. The quantitative estimate of drug-likeness (QED) is 0.633. The highest BCUT2D eigenvalue weighted by Crippen LogP contribution is 2.36. The Morgan fingerprint density at radius 2 is 1.96 bits per heavy atom. The SMILES string of the molecule is COc1nc(N(C)c2ccccc2[N+](=O)[O-])ncc1C(F)(F)F. The number of hydrogen-bond donors (Lipinski definition) is 0. The first-order valence-corrected chi connectivity index (χ1v) is 6.21. The van der Waals surface area contributed by atoms with Gasteiger partial charge in [-0.1, -0.05) is 12.1 Å². The summed E-state index contributed by atoms with van der Waals surface area (Å²) in [5.74, 6) is -0.822. The Balaban J connectivity index is 2.49. The summed E-state index contributed by atoms with van der Waals surface area (Å²) in [7, 11) is 2.46. The third-order valence-corrected chi connectivity index (χ3v) is 2.98. The van der Waals surface area contributed by atoms with E-state index in [1.807, 2.05) is 0 Å². The molecule has 0 atom stereocenters. The Bertz CT molecular complexity index is 737. The first-order valence-electron chi connectivity index (χ1n) is 6.21. The summed E-state index contributed by atoms with van der Waals surface area (Å²) in [4.78, 5) is 18.9. The van der Waals surface area contributed by atoms with Crippen LogP contribution in [-0.4, -0.2) is 29.0 Å². The van der Waals surface area contributed by atoms with Gasteiger partial charge in [0.05, 0.1) is 12.0 Å². The van der Waals surface area contributed by atoms with Crippen LogP contribution in [0.4, 0.5) is 30.5 Å². The molecule has 0 aliphatic rings. The zero-order valence-electron chi connectivity index (χ0n) is 12.0. The molecule has 0 spiro atoms. The zero-order chi connectivity index (χ0) is 17.2. The van der Waals surface area contributed by atoms with Crippen molar-refractivity contribution in [2.24, 2.45) is 0 Å². The molecule has 23 heavy (non-hydrogen) atoms. The lowest BCUT2D eigenvalue weighted by molar-refractivity contribution is -0.384. The monoisotopic (exact) mass is 328 g/mol. The van der Waals surface area contributed by atoms with Crippen LogP contribution in [0.1, 0.15) is 5.56 Å². The van der Waals surface area contributed by atoms with Gasteiger partial charge in [-0.15, -0.1) is 0 Å². The van der Waals surface area contributed by atoms with Crippen molar-refractivity contribution in [3.05, 3.63) is 46.1 Å². The Morgan fingerprint density at radius 3 is 2.52 bits per heavy atom. The lowest BCUT2D eigenvalue weighted by Crippen LogP contribution is -2.17. The maximum absolute atomic E-state index is 12.8. The summed E-state index contributed by atoms with van der Waals surface area (Å²) in [6.07, 6.45) is -4.09. The maximum atomic E-state index is 12.8. The van der Waals surface area contributed by atoms with E-state index in [1.165, 1.54) is 30.1 Å². The molecule has 0 bridgehead atoms. The van der Waals surface area contributed by atoms with Crippen LogP contribution in [0.2, 0.25) is 0 Å². The van der Waals surface area contributed by atoms with E-state index in [0.29, 0.717) is 6.20 Å². The first-order chi connectivity index (χ1) is 10.8. The summed E-state index contributed by atoms with van der Waals surface area (Å²) in [6.45, 7) is 0. The maximum Gasteiger partial charge on any atom is 0.423 e. The van der Waals surface area contributed by atoms with Gasteiger partial charge in [0.1, 0.15) is 11.3 Å². The van der Waals surface area contributed by atoms with Crippen molar-refractivity contribution in [2.45, 2.75) is 6.18 Å². The molecule has 1 heterocycles. The average molecular weight is 328 g/mol. The van der Waals surface area contributed by atoms with Crippen LogP contribution in [0.25, 0.3) is 0 Å². The fraction of sp³-hybridized carbons (Fsp3) is 0.231. The average Bonchev–Trinajstić information content (AvgIpc) is 2.52. The lowest BCUT2D eigenvalue weighted by atomic mass is 10.2. The molecule has 122 valence electrons. The van der Waals surface area contributed by atoms with Gasteiger partial charge in [-0.3, -0.25) is 10.1 Å². The Morgan fingerprint density at radius 1 is 1.30 bits per heavy atom. The smallest absolute Gasteiger partial charge is 0.423 e. The van der Waals surface area contributed by atoms with Crippen molar-refractivity contribution in [1.82, 2.24) is 9.97 Å². The van der Waals surface area contributed by atoms with Crippen molar-refractivity contribution in [2.75, 3.05) is 19.1 Å². The number of halogens is 3. The number of benzene rings is 1. The van der Waals surface area contributed by atoms with Gasteiger partial charge in [-0.05, 0) is 6.07 Å². The number of rotatable bonds is 4. The van der Waals surface area contributed by atoms with Gasteiger partial charge in [-0.2, -0.15) is 18.2 Å². The van der Waals surface area contributed by atoms with Crippen LogP contribution in [0.3, 0.4) is 0 Å². The molecule has 0 saturated heterocycles. The third kappa shape index (κ3) is 3.30. The zero-order valence-corrected chi connectivity index (χ0v) is 12.0. The van der Waals surface area contributed by atoms with E-state index < -0.39 is 22.5 Å². The van der Waals surface area contributed by atoms with Gasteiger partial charge in [0.25, 0.3) is 5.69 Å². The fourth-order valence-electron chi connectivity index (χ4n) is 1.88. The molecule has 0 N–H and O–H groups in total. The molecule has 0 unspecified atom stereocenters. The molecular weight excluding hydrogens is 317 g/mol. The Labute approximate surface area is 128 Å². The summed E-state index contributed by atoms with van der Waals surface area (Å²) in [5, 5.41) is 11.0. The molecule has 0 aliphatic carbocycles. The molecule has 0 fully saturated rings. The van der Waals surface area contributed by atoms with Crippen LogP contribution in [-0.2, 0) is 6.18 Å². The molecule has 0 radical (unpaired) electrons. The number of aromatic nitrogens is 2. The number of nitro benzene ring substituents is 1. The minimum atomic E-state index is -4.67. The normalized spacial score (nSPS) is 11.2. The van der Waals surface area contributed by atoms with Crippen molar-refractivity contribution in [3.63, 3.8) is 0 Å². The lowest BCUT2D eigenvalue weighted by Gasteiger charge is -2.18. The Kier molecular flexibility index (Phi) is 4.34. The highest BCUT2D eigenvalue weighted by molar-refractivity contribution is 5.68. The second kappa shape index (κ2) is 6.07. The number of hydrogen-bond acceptors (Lipinski definition) is 6. The summed E-state index contributed by atoms with van der Waals surface area (Å²) in [6, 6.07) is 5.74. The van der Waals surface area contributed by atoms with Gasteiger partial charge in [0.2, 0.25) is 11.8 Å². The van der Waals surface area contributed by atoms with Gasteiger partial charge < -0.3 is 9.64 Å². The summed E-state index contributed by atoms with van der Waals surface area (Å²) in [5.41, 5.74) is -1.21. The van der Waals surface area contributed by atoms with Gasteiger partial charge in [-0.25, -0.2) is 4.98 Å². The number of anilines is 2. The van der Waals surface area contributed by atoms with E-state index in [1.54, 1.807) is 6.07 Å². The minimum absolute atomic E-state index is 0.138. The number of methoxy groups -OCH3 is 1. The van der Waals surface area contributed by atoms with Crippen LogP contribution in [0.5, 0.6) is 5.88 Å². The van der Waals surface area contributed by atoms with E-state index in [4.69, 9.17) is 0 Å². The van der Waals surface area contributed by atoms with Crippen LogP contribution in [0, 0.1) is 10.1 Å². The van der Waals surface area contributed by atoms with E-state index in [2.05, 4.69) is 14.7 Å². The molecule has 1 aromatic heterocycles. The van der Waals surface area contributed by atoms with Gasteiger partial charge in [0.15, 0.2) is 0 Å². The van der Waals surface area contributed by atoms with E-state index in [0.717, 1.165) is 7.11 Å². The number of para-hydroxylation sites is 2. The number of alkyl halides is 3. The second-order valence-corrected chi connectivity index (χ2v) is 4.40. The highest BCUT2D eigenvalue weighted by Gasteiger charge is 2.36. The van der Waals surface area contributed by atoms with Crippen molar-refractivity contribution >= 4 is 17.3 Å². The van der Waals surface area contributed by atoms with Crippen LogP contribution < -0.4 is 9.64 Å². The molecule has 2 rings (SSSR count). The van der Waals surface area contributed by atoms with Crippen LogP contribution >= 0.6 is 0 Å². The standard InChI is InChI=1S/C13H11F3N4O3/c1-19(9-5-3-4-6-10(9)20(21)22)12-17-7-8(13(14,15)16)11(18-12)23-2/h3-7H,1-2H3. The fourth-order valence-corrected chi connectivity index (χ4v) is 1.88. The van der Waals surface area contributed by atoms with Crippen molar-refractivity contribution in [3.8, 4) is 5.88 Å². The molecule has 0 aliphatic heterocycles. The molecule has 1 aromatic carbocycles. The van der Waals surface area contributed by atoms with E-state index in [9.17, 15) is 23.3 Å². The van der Waals surface area contributed by atoms with Gasteiger partial charge in [0, 0.05) is 19.3 Å². The van der Waals surface area contributed by atoms with Gasteiger partial charge >= 0.3 is 6.18 Å². The highest BCUT2D eigenvalue weighted by atomic mass is 19.4. The molecule has 10 heteroatoms. The minimum Gasteiger partial charge on any atom is -0.480 e. The van der Waals surface area contributed by atoms with Crippen molar-refractivity contribution in [1.29, 1.82) is 0 Å². The molecule has 0 amide bonds. The second-order valence-electron chi connectivity index (χ2n) is 4.40. The molecular formula is C13H11F3N4O3. The predicted octanol–water partition coefficient (Wildman–Crippen LogP) is 3.18. The van der Waals surface area contributed by atoms with E-state index >= 15 is 0 Å². The van der Waals surface area contributed by atoms with Crippen molar-refractivity contribution < 1.29 is 22.8 Å². The largest absolute Gasteiger partial charge is 0.480 e. The molecule has 0 saturated carbocycles. The Hall–Kier alpha value is -2.91. The predicted molar refractivity (Wildman–Crippen MR) is 74.7 cm³/mol. The molecule has 7 nitrogen and oxygen atoms in total. The number of nitrogens with zero attached hydrogens (tertiary/aromatic N) is 4. The van der Waals surface area contributed by atoms with E-state index in [-0.39, 0.29) is 17.3 Å².